The Morgan fingerprint density at radius 2 is 1.26 bits per heavy atom. The number of hydrogen-bond donors (Lipinski definition) is 2. The maximum absolute atomic E-state index is 13.9. The van der Waals surface area contributed by atoms with Crippen molar-refractivity contribution < 1.29 is 50.5 Å². The summed E-state index contributed by atoms with van der Waals surface area (Å²) in [5.41, 5.74) is -2.73. The average molecular weight is 558 g/mol. The fourth-order valence-electron chi connectivity index (χ4n) is 3.42. The standard InChI is InChI=1S/C12H8F4N2O2.C12H9F3N2O2/c1-18-10(11(19)20)8(13)9(17-18)6-3-2-4-7(5-6)12(14,15)16;1-17-10(11(18)19)6-9(16-17)7-3-2-4-8(5-7)12(13,14)15/h2-5H,1H3,(H,19,20);2-6H,1H3,(H,18,19). The maximum atomic E-state index is 13.9. The summed E-state index contributed by atoms with van der Waals surface area (Å²) in [7, 11) is 2.62. The Bertz CT molecular complexity index is 1540. The Kier molecular flexibility index (Phi) is 7.84. The van der Waals surface area contributed by atoms with Crippen molar-refractivity contribution in [2.75, 3.05) is 0 Å². The summed E-state index contributed by atoms with van der Waals surface area (Å²) in [4.78, 5) is 21.7. The molecule has 0 radical (unpaired) electrons. The quantitative estimate of drug-likeness (QED) is 0.309. The molecule has 2 heterocycles. The molecule has 0 aliphatic heterocycles. The Labute approximate surface area is 214 Å². The van der Waals surface area contributed by atoms with Gasteiger partial charge in [0.05, 0.1) is 16.8 Å². The van der Waals surface area contributed by atoms with E-state index in [9.17, 15) is 40.3 Å². The van der Waals surface area contributed by atoms with Crippen LogP contribution in [0.3, 0.4) is 0 Å². The summed E-state index contributed by atoms with van der Waals surface area (Å²) >= 11 is 0. The first-order valence-electron chi connectivity index (χ1n) is 10.6. The summed E-state index contributed by atoms with van der Waals surface area (Å²) in [5, 5.41) is 25.2. The molecule has 0 aliphatic rings. The molecule has 0 saturated carbocycles. The highest BCUT2D eigenvalue weighted by atomic mass is 19.4. The van der Waals surface area contributed by atoms with Gasteiger partial charge in [0.1, 0.15) is 11.4 Å². The van der Waals surface area contributed by atoms with E-state index in [2.05, 4.69) is 10.2 Å². The molecular weight excluding hydrogens is 541 g/mol. The van der Waals surface area contributed by atoms with Crippen molar-refractivity contribution in [2.24, 2.45) is 14.1 Å². The molecule has 4 rings (SSSR count). The molecule has 39 heavy (non-hydrogen) atoms. The van der Waals surface area contributed by atoms with Crippen molar-refractivity contribution in [1.29, 1.82) is 0 Å². The molecular formula is C24H17F7N4O4. The van der Waals surface area contributed by atoms with Crippen LogP contribution in [0.1, 0.15) is 32.1 Å². The SMILES string of the molecule is Cn1nc(-c2cccc(C(F)(F)F)c2)c(F)c1C(=O)O.Cn1nc(-c2cccc(C(F)(F)F)c2)cc1C(=O)O. The van der Waals surface area contributed by atoms with Gasteiger partial charge in [-0.3, -0.25) is 9.36 Å². The van der Waals surface area contributed by atoms with Crippen LogP contribution >= 0.6 is 0 Å². The Hall–Kier alpha value is -4.69. The lowest BCUT2D eigenvalue weighted by Crippen LogP contribution is -2.06. The van der Waals surface area contributed by atoms with Gasteiger partial charge in [-0.05, 0) is 30.3 Å². The number of carboxylic acids is 2. The van der Waals surface area contributed by atoms with Gasteiger partial charge in [0.25, 0.3) is 0 Å². The number of alkyl halides is 6. The predicted molar refractivity (Wildman–Crippen MR) is 121 cm³/mol. The van der Waals surface area contributed by atoms with E-state index in [1.807, 2.05) is 0 Å². The van der Waals surface area contributed by atoms with E-state index >= 15 is 0 Å². The van der Waals surface area contributed by atoms with E-state index in [1.165, 1.54) is 38.4 Å². The molecule has 4 aromatic rings. The summed E-state index contributed by atoms with van der Waals surface area (Å²) in [5.74, 6) is -3.90. The molecule has 0 saturated heterocycles. The smallest absolute Gasteiger partial charge is 0.416 e. The van der Waals surface area contributed by atoms with Gasteiger partial charge in [-0.15, -0.1) is 0 Å². The molecule has 0 atom stereocenters. The number of carbonyl (C=O) groups is 2. The van der Waals surface area contributed by atoms with Crippen molar-refractivity contribution in [3.05, 3.63) is 82.9 Å². The number of aryl methyl sites for hydroxylation is 2. The first-order chi connectivity index (χ1) is 18.0. The van der Waals surface area contributed by atoms with E-state index in [1.54, 1.807) is 0 Å². The molecule has 0 spiro atoms. The van der Waals surface area contributed by atoms with Crippen LogP contribution in [0.2, 0.25) is 0 Å². The number of halogens is 7. The fraction of sp³-hybridized carbons (Fsp3) is 0.167. The zero-order chi connectivity index (χ0) is 29.3. The minimum Gasteiger partial charge on any atom is -0.477 e. The first-order valence-corrected chi connectivity index (χ1v) is 10.6. The van der Waals surface area contributed by atoms with Gasteiger partial charge in [-0.1, -0.05) is 24.3 Å². The maximum Gasteiger partial charge on any atom is 0.416 e. The fourth-order valence-corrected chi connectivity index (χ4v) is 3.42. The Balaban J connectivity index is 0.000000216. The molecule has 0 amide bonds. The monoisotopic (exact) mass is 558 g/mol. The van der Waals surface area contributed by atoms with Crippen molar-refractivity contribution in [2.45, 2.75) is 12.4 Å². The number of carboxylic acid groups (broad SMARTS) is 2. The third-order valence-corrected chi connectivity index (χ3v) is 5.24. The summed E-state index contributed by atoms with van der Waals surface area (Å²) in [6.07, 6.45) is -9.02. The van der Waals surface area contributed by atoms with E-state index in [-0.39, 0.29) is 22.5 Å². The number of rotatable bonds is 4. The molecule has 2 aromatic heterocycles. The van der Waals surface area contributed by atoms with Crippen LogP contribution in [0.15, 0.2) is 54.6 Å². The second-order valence-electron chi connectivity index (χ2n) is 7.94. The van der Waals surface area contributed by atoms with Crippen LogP contribution in [-0.2, 0) is 26.4 Å². The number of benzene rings is 2. The van der Waals surface area contributed by atoms with Gasteiger partial charge >= 0.3 is 24.3 Å². The Morgan fingerprint density at radius 3 is 1.69 bits per heavy atom. The Morgan fingerprint density at radius 1 is 0.744 bits per heavy atom. The molecule has 0 fully saturated rings. The number of hydrogen-bond acceptors (Lipinski definition) is 4. The topological polar surface area (TPSA) is 110 Å². The third kappa shape index (κ3) is 6.42. The normalized spacial score (nSPS) is 11.6. The minimum atomic E-state index is -4.57. The van der Waals surface area contributed by atoms with E-state index < -0.39 is 52.6 Å². The van der Waals surface area contributed by atoms with E-state index in [0.29, 0.717) is 0 Å². The van der Waals surface area contributed by atoms with Crippen molar-refractivity contribution in [1.82, 2.24) is 19.6 Å². The number of nitrogens with zero attached hydrogens (tertiary/aromatic N) is 4. The molecule has 2 N–H and O–H groups in total. The third-order valence-electron chi connectivity index (χ3n) is 5.24. The lowest BCUT2D eigenvalue weighted by atomic mass is 10.1. The van der Waals surface area contributed by atoms with Crippen LogP contribution in [0.5, 0.6) is 0 Å². The molecule has 0 bridgehead atoms. The van der Waals surface area contributed by atoms with Crippen LogP contribution in [0.4, 0.5) is 30.7 Å². The second-order valence-corrected chi connectivity index (χ2v) is 7.94. The molecule has 15 heteroatoms. The van der Waals surface area contributed by atoms with Crippen LogP contribution in [0.25, 0.3) is 22.5 Å². The zero-order valence-corrected chi connectivity index (χ0v) is 19.8. The molecule has 0 unspecified atom stereocenters. The second kappa shape index (κ2) is 10.6. The highest BCUT2D eigenvalue weighted by Gasteiger charge is 2.32. The molecule has 2 aromatic carbocycles. The summed E-state index contributed by atoms with van der Waals surface area (Å²) in [6, 6.07) is 9.71. The zero-order valence-electron chi connectivity index (χ0n) is 19.8. The average Bonchev–Trinajstić information content (AvgIpc) is 3.37. The van der Waals surface area contributed by atoms with Gasteiger partial charge in [0, 0.05) is 25.2 Å². The summed E-state index contributed by atoms with van der Waals surface area (Å²) < 4.78 is 91.3. The van der Waals surface area contributed by atoms with Gasteiger partial charge in [-0.2, -0.15) is 36.5 Å². The predicted octanol–water partition coefficient (Wildman–Crippen LogP) is 5.75. The van der Waals surface area contributed by atoms with Crippen LogP contribution < -0.4 is 0 Å². The molecule has 8 nitrogen and oxygen atoms in total. The number of aromatic carboxylic acids is 2. The van der Waals surface area contributed by atoms with Crippen molar-refractivity contribution >= 4 is 11.9 Å². The molecule has 0 aliphatic carbocycles. The minimum absolute atomic E-state index is 0.0904. The highest BCUT2D eigenvalue weighted by Crippen LogP contribution is 2.33. The lowest BCUT2D eigenvalue weighted by Gasteiger charge is -2.07. The summed E-state index contributed by atoms with van der Waals surface area (Å²) in [6.45, 7) is 0. The van der Waals surface area contributed by atoms with Crippen molar-refractivity contribution in [3.8, 4) is 22.5 Å². The number of aromatic nitrogens is 4. The van der Waals surface area contributed by atoms with Gasteiger partial charge in [0.2, 0.25) is 0 Å². The van der Waals surface area contributed by atoms with Crippen LogP contribution in [-0.4, -0.2) is 41.7 Å². The van der Waals surface area contributed by atoms with E-state index in [4.69, 9.17) is 10.2 Å². The largest absolute Gasteiger partial charge is 0.477 e. The van der Waals surface area contributed by atoms with E-state index in [0.717, 1.165) is 39.7 Å². The van der Waals surface area contributed by atoms with Crippen LogP contribution in [0, 0.1) is 5.82 Å². The van der Waals surface area contributed by atoms with Gasteiger partial charge < -0.3 is 10.2 Å². The van der Waals surface area contributed by atoms with Crippen molar-refractivity contribution in [3.63, 3.8) is 0 Å². The highest BCUT2D eigenvalue weighted by molar-refractivity contribution is 5.88. The van der Waals surface area contributed by atoms with Gasteiger partial charge in [-0.25, -0.2) is 14.0 Å². The van der Waals surface area contributed by atoms with Gasteiger partial charge in [0.15, 0.2) is 11.5 Å². The molecule has 206 valence electrons. The first kappa shape index (κ1) is 28.9. The lowest BCUT2D eigenvalue weighted by molar-refractivity contribution is -0.138.